The van der Waals surface area contributed by atoms with Crippen LogP contribution in [0.25, 0.3) is 0 Å². The van der Waals surface area contributed by atoms with Crippen molar-refractivity contribution in [2.75, 3.05) is 0 Å². The molecule has 35 heavy (non-hydrogen) atoms. The van der Waals surface area contributed by atoms with Gasteiger partial charge in [0.2, 0.25) is 0 Å². The average Bonchev–Trinajstić information content (AvgIpc) is 2.83. The lowest BCUT2D eigenvalue weighted by atomic mass is 9.99. The number of rotatable bonds is 11. The minimum absolute atomic E-state index is 0.109. The van der Waals surface area contributed by atoms with Crippen LogP contribution in [0.5, 0.6) is 0 Å². The van der Waals surface area contributed by atoms with Gasteiger partial charge in [-0.15, -0.1) is 0 Å². The molecule has 0 saturated carbocycles. The summed E-state index contributed by atoms with van der Waals surface area (Å²) in [4.78, 5) is 4.70. The van der Waals surface area contributed by atoms with Crippen LogP contribution >= 0.6 is 0 Å². The van der Waals surface area contributed by atoms with Crippen LogP contribution in [0.1, 0.15) is 37.0 Å². The van der Waals surface area contributed by atoms with Crippen molar-refractivity contribution in [3.05, 3.63) is 102 Å². The van der Waals surface area contributed by atoms with Gasteiger partial charge in [0.05, 0.1) is 10.9 Å². The van der Waals surface area contributed by atoms with E-state index in [9.17, 15) is 8.42 Å². The Morgan fingerprint density at radius 3 is 2.09 bits per heavy atom. The van der Waals surface area contributed by atoms with Crippen molar-refractivity contribution in [3.63, 3.8) is 0 Å². The summed E-state index contributed by atoms with van der Waals surface area (Å²) in [6.45, 7) is 5.86. The van der Waals surface area contributed by atoms with Crippen LogP contribution in [0.2, 0.25) is 0 Å². The Morgan fingerprint density at radius 1 is 0.914 bits per heavy atom. The summed E-state index contributed by atoms with van der Waals surface area (Å²) in [5, 5.41) is 0. The number of aliphatic imine (C=N–C) groups is 1. The van der Waals surface area contributed by atoms with Crippen LogP contribution in [-0.2, 0) is 32.1 Å². The average molecular weight is 495 g/mol. The zero-order valence-corrected chi connectivity index (χ0v) is 21.3. The van der Waals surface area contributed by atoms with E-state index in [-0.39, 0.29) is 10.9 Å². The Morgan fingerprint density at radius 2 is 1.49 bits per heavy atom. The first-order valence-electron chi connectivity index (χ1n) is 11.7. The Labute approximate surface area is 208 Å². The highest BCUT2D eigenvalue weighted by Crippen LogP contribution is 2.21. The van der Waals surface area contributed by atoms with E-state index in [1.807, 2.05) is 74.5 Å². The highest BCUT2D eigenvalue weighted by Gasteiger charge is 2.28. The molecular formula is C28H34N2O4S. The molecule has 0 heterocycles. The van der Waals surface area contributed by atoms with E-state index in [1.54, 1.807) is 31.2 Å². The molecule has 0 bridgehead atoms. The molecule has 0 fully saturated rings. The lowest BCUT2D eigenvalue weighted by Gasteiger charge is -2.25. The van der Waals surface area contributed by atoms with E-state index in [0.717, 1.165) is 16.7 Å². The Bertz CT molecular complexity index is 1180. The number of aryl methyl sites for hydroxylation is 1. The van der Waals surface area contributed by atoms with Gasteiger partial charge in [-0.3, -0.25) is 9.18 Å². The van der Waals surface area contributed by atoms with Gasteiger partial charge in [-0.25, -0.2) is 0 Å². The topological polar surface area (TPSA) is 91.0 Å². The van der Waals surface area contributed by atoms with Crippen LogP contribution < -0.4 is 5.73 Å². The highest BCUT2D eigenvalue weighted by atomic mass is 32.2. The molecule has 7 heteroatoms. The molecule has 0 spiro atoms. The molecule has 0 amide bonds. The Hall–Kier alpha value is -3.00. The van der Waals surface area contributed by atoms with E-state index >= 15 is 0 Å². The van der Waals surface area contributed by atoms with Crippen LogP contribution in [0.4, 0.5) is 0 Å². The SMILES string of the molecule is CC(=NC(C)C(CC(N)Cc1ccccc1)OS(=O)(=O)c1ccc(C)cc1)OCc1ccccc1. The molecular weight excluding hydrogens is 460 g/mol. The van der Waals surface area contributed by atoms with Crippen LogP contribution in [-0.4, -0.2) is 32.5 Å². The molecule has 0 aliphatic heterocycles. The molecule has 3 rings (SSSR count). The van der Waals surface area contributed by atoms with E-state index in [1.165, 1.54) is 0 Å². The van der Waals surface area contributed by atoms with Crippen LogP contribution in [0.15, 0.2) is 94.8 Å². The summed E-state index contributed by atoms with van der Waals surface area (Å²) in [6, 6.07) is 25.4. The summed E-state index contributed by atoms with van der Waals surface area (Å²) in [7, 11) is -4.00. The van der Waals surface area contributed by atoms with Crippen molar-refractivity contribution in [2.24, 2.45) is 10.7 Å². The zero-order valence-electron chi connectivity index (χ0n) is 20.5. The molecule has 3 aromatic carbocycles. The van der Waals surface area contributed by atoms with Crippen molar-refractivity contribution in [2.45, 2.75) is 63.3 Å². The largest absolute Gasteiger partial charge is 0.476 e. The molecule has 0 saturated heterocycles. The number of nitrogens with two attached hydrogens (primary N) is 1. The number of hydrogen-bond donors (Lipinski definition) is 1. The second-order valence-electron chi connectivity index (χ2n) is 8.75. The molecule has 3 unspecified atom stereocenters. The van der Waals surface area contributed by atoms with Crippen molar-refractivity contribution in [1.29, 1.82) is 0 Å². The van der Waals surface area contributed by atoms with Crippen molar-refractivity contribution in [1.82, 2.24) is 0 Å². The van der Waals surface area contributed by atoms with Gasteiger partial charge in [-0.1, -0.05) is 78.4 Å². The maximum atomic E-state index is 13.1. The van der Waals surface area contributed by atoms with E-state index in [0.29, 0.717) is 25.3 Å². The zero-order chi connectivity index (χ0) is 25.3. The molecule has 3 aromatic rings. The predicted molar refractivity (Wildman–Crippen MR) is 140 cm³/mol. The second kappa shape index (κ2) is 12.6. The van der Waals surface area contributed by atoms with Crippen molar-refractivity contribution in [3.8, 4) is 0 Å². The van der Waals surface area contributed by atoms with Gasteiger partial charge in [0, 0.05) is 13.0 Å². The molecule has 0 aromatic heterocycles. The number of nitrogens with zero attached hydrogens (tertiary/aromatic N) is 1. The van der Waals surface area contributed by atoms with Gasteiger partial charge in [0.15, 0.2) is 5.90 Å². The Kier molecular flexibility index (Phi) is 9.60. The van der Waals surface area contributed by atoms with Gasteiger partial charge < -0.3 is 10.5 Å². The molecule has 0 aliphatic rings. The third-order valence-corrected chi connectivity index (χ3v) is 7.00. The van der Waals surface area contributed by atoms with Crippen LogP contribution in [0.3, 0.4) is 0 Å². The quantitative estimate of drug-likeness (QED) is 0.229. The molecule has 0 radical (unpaired) electrons. The molecule has 6 nitrogen and oxygen atoms in total. The van der Waals surface area contributed by atoms with E-state index in [4.69, 9.17) is 14.7 Å². The highest BCUT2D eigenvalue weighted by molar-refractivity contribution is 7.86. The fourth-order valence-corrected chi connectivity index (χ4v) is 4.85. The van der Waals surface area contributed by atoms with E-state index in [2.05, 4.69) is 4.99 Å². The van der Waals surface area contributed by atoms with Crippen LogP contribution in [0, 0.1) is 6.92 Å². The van der Waals surface area contributed by atoms with Crippen molar-refractivity contribution >= 4 is 16.0 Å². The number of ether oxygens (including phenoxy) is 1. The number of benzene rings is 3. The lowest BCUT2D eigenvalue weighted by molar-refractivity contribution is 0.163. The lowest BCUT2D eigenvalue weighted by Crippen LogP contribution is -2.36. The molecule has 3 atom stereocenters. The number of hydrogen-bond acceptors (Lipinski definition) is 6. The summed E-state index contributed by atoms with van der Waals surface area (Å²) in [6.07, 6.45) is 0.164. The maximum absolute atomic E-state index is 13.1. The fourth-order valence-electron chi connectivity index (χ4n) is 3.71. The third-order valence-electron chi connectivity index (χ3n) is 5.65. The van der Waals surface area contributed by atoms with Gasteiger partial charge in [0.1, 0.15) is 12.7 Å². The second-order valence-corrected chi connectivity index (χ2v) is 10.3. The molecule has 0 aliphatic carbocycles. The van der Waals surface area contributed by atoms with Gasteiger partial charge in [0.25, 0.3) is 10.1 Å². The first-order valence-corrected chi connectivity index (χ1v) is 13.1. The third kappa shape index (κ3) is 8.62. The van der Waals surface area contributed by atoms with Gasteiger partial charge in [-0.05, 0) is 49.9 Å². The van der Waals surface area contributed by atoms with E-state index < -0.39 is 22.3 Å². The molecule has 186 valence electrons. The van der Waals surface area contributed by atoms with Crippen molar-refractivity contribution < 1.29 is 17.3 Å². The smallest absolute Gasteiger partial charge is 0.297 e. The predicted octanol–water partition coefficient (Wildman–Crippen LogP) is 5.05. The Balaban J connectivity index is 1.75. The minimum atomic E-state index is -4.00. The minimum Gasteiger partial charge on any atom is -0.476 e. The van der Waals surface area contributed by atoms with Gasteiger partial charge in [-0.2, -0.15) is 8.42 Å². The summed E-state index contributed by atoms with van der Waals surface area (Å²) >= 11 is 0. The normalized spacial score (nSPS) is 14.8. The first kappa shape index (κ1) is 26.6. The summed E-state index contributed by atoms with van der Waals surface area (Å²) < 4.78 is 37.6. The monoisotopic (exact) mass is 494 g/mol. The first-order chi connectivity index (χ1) is 16.7. The summed E-state index contributed by atoms with van der Waals surface area (Å²) in [5.74, 6) is 0.458. The maximum Gasteiger partial charge on any atom is 0.297 e. The van der Waals surface area contributed by atoms with Gasteiger partial charge >= 0.3 is 0 Å². The molecule has 2 N–H and O–H groups in total. The fraction of sp³-hybridized carbons (Fsp3) is 0.321. The summed E-state index contributed by atoms with van der Waals surface area (Å²) in [5.41, 5.74) is 9.50. The standard InChI is InChI=1S/C28H34N2O4S/c1-21-14-16-27(17-15-21)35(31,32)34-28(19-26(29)18-24-10-6-4-7-11-24)22(2)30-23(3)33-20-25-12-8-5-9-13-25/h4-17,22,26,28H,18-20,29H2,1-3H3.